The highest BCUT2D eigenvalue weighted by Crippen LogP contribution is 2.52. The van der Waals surface area contributed by atoms with E-state index in [9.17, 15) is 13.2 Å². The van der Waals surface area contributed by atoms with E-state index in [-0.39, 0.29) is 6.42 Å². The predicted molar refractivity (Wildman–Crippen MR) is 77.2 cm³/mol. The first-order valence-corrected chi connectivity index (χ1v) is 7.01. The van der Waals surface area contributed by atoms with Crippen LogP contribution in [0.15, 0.2) is 60.7 Å². The Kier molecular flexibility index (Phi) is 3.40. The van der Waals surface area contributed by atoms with Crippen LogP contribution in [0.3, 0.4) is 0 Å². The van der Waals surface area contributed by atoms with Gasteiger partial charge in [0.15, 0.2) is 5.54 Å². The third-order valence-corrected chi connectivity index (χ3v) is 4.17. The van der Waals surface area contributed by atoms with Gasteiger partial charge in [0.25, 0.3) is 0 Å². The minimum absolute atomic E-state index is 0.0927. The zero-order chi connectivity index (χ0) is 14.9. The number of para-hydroxylation sites is 1. The maximum Gasteiger partial charge on any atom is 0.415 e. The van der Waals surface area contributed by atoms with E-state index < -0.39 is 11.7 Å². The molecule has 110 valence electrons. The van der Waals surface area contributed by atoms with Gasteiger partial charge in [-0.1, -0.05) is 48.5 Å². The molecule has 4 heteroatoms. The van der Waals surface area contributed by atoms with Crippen LogP contribution >= 0.6 is 0 Å². The molecule has 21 heavy (non-hydrogen) atoms. The molecular weight excluding hydrogens is 275 g/mol. The van der Waals surface area contributed by atoms with E-state index >= 15 is 0 Å². The maximum atomic E-state index is 14.0. The maximum absolute atomic E-state index is 14.0. The van der Waals surface area contributed by atoms with Gasteiger partial charge < -0.3 is 4.90 Å². The molecule has 0 aromatic heterocycles. The summed E-state index contributed by atoms with van der Waals surface area (Å²) in [6, 6.07) is 17.1. The number of alkyl halides is 3. The Morgan fingerprint density at radius 2 is 1.43 bits per heavy atom. The lowest BCUT2D eigenvalue weighted by Gasteiger charge is -2.41. The van der Waals surface area contributed by atoms with Gasteiger partial charge in [0.1, 0.15) is 0 Å². The lowest BCUT2D eigenvalue weighted by molar-refractivity contribution is -0.187. The average molecular weight is 291 g/mol. The smallest absolute Gasteiger partial charge is 0.354 e. The van der Waals surface area contributed by atoms with Crippen LogP contribution in [0.5, 0.6) is 0 Å². The molecule has 0 amide bonds. The van der Waals surface area contributed by atoms with Gasteiger partial charge in [0.2, 0.25) is 0 Å². The molecule has 0 aliphatic carbocycles. The summed E-state index contributed by atoms with van der Waals surface area (Å²) in [6.07, 6.45) is -3.70. The Balaban J connectivity index is 2.16. The van der Waals surface area contributed by atoms with Gasteiger partial charge in [-0.3, -0.25) is 0 Å². The van der Waals surface area contributed by atoms with Crippen LogP contribution in [0.1, 0.15) is 18.4 Å². The summed E-state index contributed by atoms with van der Waals surface area (Å²) in [6.45, 7) is 0.415. The lowest BCUT2D eigenvalue weighted by Crippen LogP contribution is -2.52. The minimum atomic E-state index is -4.32. The summed E-state index contributed by atoms with van der Waals surface area (Å²) in [5, 5.41) is 0. The van der Waals surface area contributed by atoms with Crippen LogP contribution in [0.2, 0.25) is 0 Å². The van der Waals surface area contributed by atoms with Crippen molar-refractivity contribution < 1.29 is 13.2 Å². The summed E-state index contributed by atoms with van der Waals surface area (Å²) < 4.78 is 42.0. The first kappa shape index (κ1) is 14.0. The Labute approximate surface area is 122 Å². The molecule has 2 aromatic carbocycles. The van der Waals surface area contributed by atoms with Gasteiger partial charge in [0.05, 0.1) is 0 Å². The van der Waals surface area contributed by atoms with Crippen molar-refractivity contribution in [3.8, 4) is 0 Å². The number of benzene rings is 2. The highest BCUT2D eigenvalue weighted by atomic mass is 19.4. The molecule has 1 aliphatic heterocycles. The molecule has 1 fully saturated rings. The second-order valence-corrected chi connectivity index (χ2v) is 5.31. The summed E-state index contributed by atoms with van der Waals surface area (Å²) in [7, 11) is 0. The Morgan fingerprint density at radius 3 is 2.00 bits per heavy atom. The van der Waals surface area contributed by atoms with Crippen LogP contribution in [0.4, 0.5) is 18.9 Å². The molecule has 1 nitrogen and oxygen atoms in total. The number of hydrogen-bond acceptors (Lipinski definition) is 1. The molecule has 0 N–H and O–H groups in total. The second-order valence-electron chi connectivity index (χ2n) is 5.31. The Morgan fingerprint density at radius 1 is 0.857 bits per heavy atom. The van der Waals surface area contributed by atoms with E-state index in [1.807, 2.05) is 6.07 Å². The fourth-order valence-electron chi connectivity index (χ4n) is 3.25. The molecule has 2 aromatic rings. The van der Waals surface area contributed by atoms with Crippen molar-refractivity contribution in [3.05, 3.63) is 66.2 Å². The second kappa shape index (κ2) is 5.10. The number of anilines is 1. The zero-order valence-corrected chi connectivity index (χ0v) is 11.5. The monoisotopic (exact) mass is 291 g/mol. The van der Waals surface area contributed by atoms with Crippen molar-refractivity contribution >= 4 is 5.69 Å². The van der Waals surface area contributed by atoms with Crippen molar-refractivity contribution in [2.45, 2.75) is 24.6 Å². The molecular formula is C17H16F3N. The third kappa shape index (κ3) is 2.19. The molecule has 1 unspecified atom stereocenters. The summed E-state index contributed by atoms with van der Waals surface area (Å²) >= 11 is 0. The average Bonchev–Trinajstić information content (AvgIpc) is 2.95. The normalized spacial score (nSPS) is 22.5. The first-order valence-electron chi connectivity index (χ1n) is 7.01. The van der Waals surface area contributed by atoms with E-state index in [0.29, 0.717) is 24.2 Å². The van der Waals surface area contributed by atoms with E-state index in [2.05, 4.69) is 0 Å². The fraction of sp³-hybridized carbons (Fsp3) is 0.294. The number of nitrogens with zero attached hydrogens (tertiary/aromatic N) is 1. The standard InChI is InChI=1S/C17H16F3N/c18-17(19,20)16(14-8-3-1-4-9-14)12-7-13-21(16)15-10-5-2-6-11-15/h1-6,8-11H,7,12-13H2. The van der Waals surface area contributed by atoms with Crippen LogP contribution in [0, 0.1) is 0 Å². The van der Waals surface area contributed by atoms with Crippen molar-refractivity contribution in [1.82, 2.24) is 0 Å². The number of rotatable bonds is 2. The largest absolute Gasteiger partial charge is 0.415 e. The van der Waals surface area contributed by atoms with Gasteiger partial charge in [-0.25, -0.2) is 0 Å². The van der Waals surface area contributed by atoms with E-state index in [4.69, 9.17) is 0 Å². The van der Waals surface area contributed by atoms with Gasteiger partial charge in [-0.2, -0.15) is 13.2 Å². The van der Waals surface area contributed by atoms with Crippen LogP contribution in [-0.4, -0.2) is 12.7 Å². The van der Waals surface area contributed by atoms with E-state index in [1.165, 1.54) is 4.90 Å². The van der Waals surface area contributed by atoms with Gasteiger partial charge in [-0.05, 0) is 30.5 Å². The van der Waals surface area contributed by atoms with E-state index in [0.717, 1.165) is 0 Å². The SMILES string of the molecule is FC(F)(F)C1(c2ccccc2)CCCN1c1ccccc1. The number of halogens is 3. The molecule has 1 aliphatic rings. The minimum Gasteiger partial charge on any atom is -0.354 e. The molecule has 1 atom stereocenters. The fourth-order valence-corrected chi connectivity index (χ4v) is 3.25. The molecule has 0 radical (unpaired) electrons. The molecule has 1 saturated heterocycles. The third-order valence-electron chi connectivity index (χ3n) is 4.17. The summed E-state index contributed by atoms with van der Waals surface area (Å²) in [4.78, 5) is 1.50. The van der Waals surface area contributed by atoms with Gasteiger partial charge in [-0.15, -0.1) is 0 Å². The van der Waals surface area contributed by atoms with Crippen LogP contribution in [0.25, 0.3) is 0 Å². The molecule has 3 rings (SSSR count). The van der Waals surface area contributed by atoms with Crippen molar-refractivity contribution in [1.29, 1.82) is 0 Å². The predicted octanol–water partition coefficient (Wildman–Crippen LogP) is 4.74. The van der Waals surface area contributed by atoms with Crippen LogP contribution in [-0.2, 0) is 5.54 Å². The van der Waals surface area contributed by atoms with Gasteiger partial charge >= 0.3 is 6.18 Å². The number of hydrogen-bond donors (Lipinski definition) is 0. The summed E-state index contributed by atoms with van der Waals surface area (Å²) in [5.74, 6) is 0. The summed E-state index contributed by atoms with van der Waals surface area (Å²) in [5.41, 5.74) is -0.981. The quantitative estimate of drug-likeness (QED) is 0.772. The van der Waals surface area contributed by atoms with Gasteiger partial charge in [0, 0.05) is 12.2 Å². The molecule has 1 heterocycles. The molecule has 0 bridgehead atoms. The first-order chi connectivity index (χ1) is 10.1. The highest BCUT2D eigenvalue weighted by Gasteiger charge is 2.61. The Bertz CT molecular complexity index is 594. The molecule has 0 saturated carbocycles. The zero-order valence-electron chi connectivity index (χ0n) is 11.5. The Hall–Kier alpha value is -1.97. The van der Waals surface area contributed by atoms with Crippen LogP contribution < -0.4 is 4.90 Å². The van der Waals surface area contributed by atoms with Crippen molar-refractivity contribution in [2.75, 3.05) is 11.4 Å². The van der Waals surface area contributed by atoms with Crippen molar-refractivity contribution in [2.24, 2.45) is 0 Å². The molecule has 0 spiro atoms. The lowest BCUT2D eigenvalue weighted by atomic mass is 9.86. The topological polar surface area (TPSA) is 3.24 Å². The van der Waals surface area contributed by atoms with Crippen molar-refractivity contribution in [3.63, 3.8) is 0 Å². The highest BCUT2D eigenvalue weighted by molar-refractivity contribution is 5.53. The van der Waals surface area contributed by atoms with E-state index in [1.54, 1.807) is 54.6 Å².